The van der Waals surface area contributed by atoms with Gasteiger partial charge < -0.3 is 4.74 Å². The summed E-state index contributed by atoms with van der Waals surface area (Å²) in [6.45, 7) is 3.64. The van der Waals surface area contributed by atoms with E-state index in [0.29, 0.717) is 20.6 Å². The fourth-order valence-corrected chi connectivity index (χ4v) is 5.02. The van der Waals surface area contributed by atoms with Gasteiger partial charge in [-0.1, -0.05) is 29.5 Å². The molecule has 0 amide bonds. The summed E-state index contributed by atoms with van der Waals surface area (Å²) >= 11 is 2.80. The van der Waals surface area contributed by atoms with E-state index in [-0.39, 0.29) is 17.7 Å². The van der Waals surface area contributed by atoms with E-state index in [9.17, 15) is 14.0 Å². The minimum Gasteiger partial charge on any atom is -0.463 e. The van der Waals surface area contributed by atoms with Crippen molar-refractivity contribution in [1.29, 1.82) is 0 Å². The van der Waals surface area contributed by atoms with E-state index in [1.54, 1.807) is 26.0 Å². The zero-order valence-electron chi connectivity index (χ0n) is 15.7. The van der Waals surface area contributed by atoms with E-state index >= 15 is 0 Å². The average Bonchev–Trinajstić information content (AvgIpc) is 3.30. The predicted octanol–water partition coefficient (Wildman–Crippen LogP) is 3.00. The molecule has 1 aliphatic heterocycles. The number of hydrogen-bond acceptors (Lipinski definition) is 6. The van der Waals surface area contributed by atoms with Crippen molar-refractivity contribution in [2.75, 3.05) is 6.61 Å². The van der Waals surface area contributed by atoms with Crippen molar-refractivity contribution in [2.24, 2.45) is 4.99 Å². The van der Waals surface area contributed by atoms with E-state index in [1.165, 1.54) is 39.4 Å². The van der Waals surface area contributed by atoms with Gasteiger partial charge in [0.05, 0.1) is 28.5 Å². The molecule has 0 fully saturated rings. The smallest absolute Gasteiger partial charge is 0.338 e. The van der Waals surface area contributed by atoms with Crippen LogP contribution in [0.3, 0.4) is 0 Å². The fraction of sp³-hybridized carbons (Fsp3) is 0.190. The maximum atomic E-state index is 13.5. The van der Waals surface area contributed by atoms with Gasteiger partial charge in [0.1, 0.15) is 5.82 Å². The van der Waals surface area contributed by atoms with Gasteiger partial charge in [-0.05, 0) is 49.1 Å². The van der Waals surface area contributed by atoms with Crippen LogP contribution in [0.2, 0.25) is 0 Å². The van der Waals surface area contributed by atoms with Gasteiger partial charge in [0.15, 0.2) is 4.80 Å². The highest BCUT2D eigenvalue weighted by molar-refractivity contribution is 7.11. The van der Waals surface area contributed by atoms with Crippen LogP contribution < -0.4 is 14.9 Å². The van der Waals surface area contributed by atoms with Gasteiger partial charge in [-0.2, -0.15) is 0 Å². The lowest BCUT2D eigenvalue weighted by atomic mass is 9.96. The molecule has 0 N–H and O–H groups in total. The third-order valence-electron chi connectivity index (χ3n) is 4.52. The summed E-state index contributed by atoms with van der Waals surface area (Å²) in [6.07, 6.45) is 1.82. The number of benzene rings is 1. The molecular weight excluding hydrogens is 411 g/mol. The van der Waals surface area contributed by atoms with Crippen LogP contribution in [0.5, 0.6) is 0 Å². The van der Waals surface area contributed by atoms with Crippen molar-refractivity contribution in [3.05, 3.63) is 89.0 Å². The van der Waals surface area contributed by atoms with Crippen LogP contribution in [-0.2, 0) is 9.53 Å². The Morgan fingerprint density at radius 1 is 1.31 bits per heavy atom. The second-order valence-electron chi connectivity index (χ2n) is 6.37. The Kier molecular flexibility index (Phi) is 5.29. The van der Waals surface area contributed by atoms with Gasteiger partial charge >= 0.3 is 5.97 Å². The summed E-state index contributed by atoms with van der Waals surface area (Å²) in [7, 11) is 0. The first-order valence-corrected chi connectivity index (χ1v) is 10.7. The summed E-state index contributed by atoms with van der Waals surface area (Å²) in [5, 5.41) is 1.94. The molecule has 5 nitrogen and oxygen atoms in total. The number of esters is 1. The molecule has 3 heterocycles. The number of hydrogen-bond donors (Lipinski definition) is 0. The number of halogens is 1. The molecule has 0 aliphatic carbocycles. The monoisotopic (exact) mass is 428 g/mol. The van der Waals surface area contributed by atoms with Crippen LogP contribution in [0.4, 0.5) is 4.39 Å². The minimum absolute atomic E-state index is 0.203. The number of carbonyl (C=O) groups excluding carboxylic acids is 1. The summed E-state index contributed by atoms with van der Waals surface area (Å²) in [4.78, 5) is 31.9. The molecule has 0 saturated heterocycles. The van der Waals surface area contributed by atoms with Gasteiger partial charge in [-0.15, -0.1) is 11.3 Å². The van der Waals surface area contributed by atoms with Crippen LogP contribution in [-0.4, -0.2) is 17.1 Å². The van der Waals surface area contributed by atoms with E-state index in [1.807, 2.05) is 23.6 Å². The summed E-state index contributed by atoms with van der Waals surface area (Å²) < 4.78 is 20.8. The molecule has 1 atom stereocenters. The van der Waals surface area contributed by atoms with Gasteiger partial charge in [0, 0.05) is 4.88 Å². The second kappa shape index (κ2) is 7.88. The Balaban J connectivity index is 1.97. The van der Waals surface area contributed by atoms with Crippen LogP contribution in [0, 0.1) is 5.82 Å². The molecule has 0 spiro atoms. The number of thiophene rings is 1. The maximum Gasteiger partial charge on any atom is 0.338 e. The quantitative estimate of drug-likeness (QED) is 0.601. The molecule has 0 radical (unpaired) electrons. The SMILES string of the molecule is CCOC(=O)C1=C(C)N=c2s/c(=C\c3cccs3)c(=O)n2[C@H]1c1ccc(F)cc1. The molecule has 0 saturated carbocycles. The number of rotatable bonds is 4. The lowest BCUT2D eigenvalue weighted by Gasteiger charge is -2.24. The number of nitrogens with zero attached hydrogens (tertiary/aromatic N) is 2. The van der Waals surface area contributed by atoms with E-state index in [2.05, 4.69) is 4.99 Å². The zero-order valence-corrected chi connectivity index (χ0v) is 17.3. The van der Waals surface area contributed by atoms with Crippen molar-refractivity contribution >= 4 is 34.7 Å². The number of allylic oxidation sites excluding steroid dienone is 1. The number of carbonyl (C=O) groups is 1. The van der Waals surface area contributed by atoms with Crippen LogP contribution in [0.15, 0.2) is 62.8 Å². The Morgan fingerprint density at radius 3 is 2.72 bits per heavy atom. The second-order valence-corrected chi connectivity index (χ2v) is 8.36. The first-order valence-electron chi connectivity index (χ1n) is 8.98. The van der Waals surface area contributed by atoms with Crippen molar-refractivity contribution in [1.82, 2.24) is 4.57 Å². The van der Waals surface area contributed by atoms with Crippen LogP contribution in [0.25, 0.3) is 6.08 Å². The number of ether oxygens (including phenoxy) is 1. The Hall–Kier alpha value is -2.84. The standard InChI is InChI=1S/C21H17FN2O3S2/c1-3-27-20(26)17-12(2)23-21-24(18(17)13-6-8-14(22)9-7-13)19(25)16(29-21)11-15-5-4-10-28-15/h4-11,18H,3H2,1-2H3/b16-11-/t18-/m0/s1. The van der Waals surface area contributed by atoms with Crippen LogP contribution in [0.1, 0.15) is 30.3 Å². The third-order valence-corrected chi connectivity index (χ3v) is 6.32. The topological polar surface area (TPSA) is 60.7 Å². The van der Waals surface area contributed by atoms with Gasteiger partial charge in [0.2, 0.25) is 0 Å². The minimum atomic E-state index is -0.726. The van der Waals surface area contributed by atoms with E-state index in [0.717, 1.165) is 4.88 Å². The van der Waals surface area contributed by atoms with E-state index < -0.39 is 17.8 Å². The van der Waals surface area contributed by atoms with Crippen molar-refractivity contribution in [3.63, 3.8) is 0 Å². The molecule has 2 aromatic heterocycles. The van der Waals surface area contributed by atoms with E-state index in [4.69, 9.17) is 4.74 Å². The molecule has 8 heteroatoms. The molecule has 4 rings (SSSR count). The maximum absolute atomic E-state index is 13.5. The number of thiazole rings is 1. The molecular formula is C21H17FN2O3S2. The summed E-state index contributed by atoms with van der Waals surface area (Å²) in [5.41, 5.74) is 1.15. The molecule has 1 aromatic carbocycles. The molecule has 0 bridgehead atoms. The first kappa shape index (κ1) is 19.5. The first-order chi connectivity index (χ1) is 14.0. The Morgan fingerprint density at radius 2 is 2.07 bits per heavy atom. The lowest BCUT2D eigenvalue weighted by molar-refractivity contribution is -0.139. The molecule has 148 valence electrons. The van der Waals surface area contributed by atoms with Crippen molar-refractivity contribution in [3.8, 4) is 0 Å². The zero-order chi connectivity index (χ0) is 20.5. The van der Waals surface area contributed by atoms with Crippen molar-refractivity contribution < 1.29 is 13.9 Å². The normalized spacial score (nSPS) is 16.5. The Labute approximate surface area is 173 Å². The molecule has 3 aromatic rings. The fourth-order valence-electron chi connectivity index (χ4n) is 3.25. The Bertz CT molecular complexity index is 1270. The van der Waals surface area contributed by atoms with Crippen molar-refractivity contribution in [2.45, 2.75) is 19.9 Å². The average molecular weight is 429 g/mol. The largest absolute Gasteiger partial charge is 0.463 e. The predicted molar refractivity (Wildman–Crippen MR) is 111 cm³/mol. The summed E-state index contributed by atoms with van der Waals surface area (Å²) in [6, 6.07) is 8.90. The number of aromatic nitrogens is 1. The third kappa shape index (κ3) is 3.61. The summed E-state index contributed by atoms with van der Waals surface area (Å²) in [5.74, 6) is -0.923. The molecule has 29 heavy (non-hydrogen) atoms. The van der Waals surface area contributed by atoms with Crippen LogP contribution >= 0.6 is 22.7 Å². The molecule has 1 aliphatic rings. The highest BCUT2D eigenvalue weighted by Crippen LogP contribution is 2.30. The van der Waals surface area contributed by atoms with Gasteiger partial charge in [-0.25, -0.2) is 14.2 Å². The highest BCUT2D eigenvalue weighted by Gasteiger charge is 2.33. The number of fused-ring (bicyclic) bond motifs is 1. The molecule has 0 unspecified atom stereocenters. The lowest BCUT2D eigenvalue weighted by Crippen LogP contribution is -2.39. The van der Waals surface area contributed by atoms with Gasteiger partial charge in [0.25, 0.3) is 5.56 Å². The highest BCUT2D eigenvalue weighted by atomic mass is 32.1. The van der Waals surface area contributed by atoms with Gasteiger partial charge in [-0.3, -0.25) is 9.36 Å².